The molecule has 2 rings (SSSR count). The number of aromatic nitrogens is 2. The van der Waals surface area contributed by atoms with E-state index in [2.05, 4.69) is 5.10 Å². The zero-order valence-electron chi connectivity index (χ0n) is 11.7. The maximum Gasteiger partial charge on any atom is 0.203 e. The second kappa shape index (κ2) is 6.53. The first kappa shape index (κ1) is 16.6. The number of halogens is 3. The molecule has 2 aromatic rings. The van der Waals surface area contributed by atoms with E-state index in [0.717, 1.165) is 0 Å². The molecule has 22 heavy (non-hydrogen) atoms. The Balaban J connectivity index is 2.50. The van der Waals surface area contributed by atoms with Crippen LogP contribution < -0.4 is 0 Å². The highest BCUT2D eigenvalue weighted by Gasteiger charge is 2.17. The molecule has 0 saturated heterocycles. The van der Waals surface area contributed by atoms with Crippen molar-refractivity contribution in [2.45, 2.75) is 6.92 Å². The summed E-state index contributed by atoms with van der Waals surface area (Å²) in [6.45, 7) is 1.74. The van der Waals surface area contributed by atoms with Crippen molar-refractivity contribution in [3.8, 4) is 6.07 Å². The minimum absolute atomic E-state index is 0.0728. The summed E-state index contributed by atoms with van der Waals surface area (Å²) in [7, 11) is 1.68. The van der Waals surface area contributed by atoms with E-state index >= 15 is 0 Å². The fraction of sp³-hybridized carbons (Fsp3) is 0.133. The van der Waals surface area contributed by atoms with Crippen molar-refractivity contribution in [3.05, 3.63) is 55.8 Å². The first-order valence-electron chi connectivity index (χ1n) is 6.15. The summed E-state index contributed by atoms with van der Waals surface area (Å²) < 4.78 is 1.47. The van der Waals surface area contributed by atoms with Gasteiger partial charge in [-0.25, -0.2) is 0 Å². The van der Waals surface area contributed by atoms with E-state index in [1.165, 1.54) is 29.0 Å². The van der Waals surface area contributed by atoms with Gasteiger partial charge in [-0.2, -0.15) is 10.4 Å². The largest absolute Gasteiger partial charge is 0.288 e. The molecule has 1 aromatic carbocycles. The summed E-state index contributed by atoms with van der Waals surface area (Å²) in [5, 5.41) is 14.4. The third-order valence-corrected chi connectivity index (χ3v) is 3.86. The lowest BCUT2D eigenvalue weighted by Gasteiger charge is -2.02. The number of allylic oxidation sites excluding steroid dienone is 1. The third-order valence-electron chi connectivity index (χ3n) is 2.97. The number of nitriles is 1. The Labute approximate surface area is 142 Å². The number of carbonyl (C=O) groups excluding carboxylic acids is 1. The highest BCUT2D eigenvalue weighted by atomic mass is 35.5. The molecule has 0 fully saturated rings. The molecular formula is C15H10Cl3N3O. The second-order valence-electron chi connectivity index (χ2n) is 4.57. The predicted octanol–water partition coefficient (Wildman–Crippen LogP) is 4.48. The van der Waals surface area contributed by atoms with Gasteiger partial charge in [-0.05, 0) is 31.2 Å². The molecular weight excluding hydrogens is 345 g/mol. The summed E-state index contributed by atoms with van der Waals surface area (Å²) in [6, 6.07) is 6.31. The van der Waals surface area contributed by atoms with Crippen LogP contribution in [0.5, 0.6) is 0 Å². The summed E-state index contributed by atoms with van der Waals surface area (Å²) in [5.41, 5.74) is 1.32. The number of benzene rings is 1. The van der Waals surface area contributed by atoms with Gasteiger partial charge < -0.3 is 0 Å². The van der Waals surface area contributed by atoms with Gasteiger partial charge in [-0.15, -0.1) is 0 Å². The van der Waals surface area contributed by atoms with Crippen molar-refractivity contribution >= 4 is 46.7 Å². The molecule has 0 unspecified atom stereocenters. The highest BCUT2D eigenvalue weighted by molar-refractivity contribution is 6.35. The van der Waals surface area contributed by atoms with Crippen LogP contribution in [-0.2, 0) is 7.05 Å². The van der Waals surface area contributed by atoms with Crippen molar-refractivity contribution in [2.75, 3.05) is 0 Å². The first-order chi connectivity index (χ1) is 10.3. The number of Topliss-reactive ketones (excluding diaryl/α,β-unsaturated/α-hetero) is 1. The molecule has 7 heteroatoms. The van der Waals surface area contributed by atoms with E-state index in [0.29, 0.717) is 26.5 Å². The van der Waals surface area contributed by atoms with Gasteiger partial charge in [0.05, 0.1) is 5.69 Å². The molecule has 1 aromatic heterocycles. The number of aryl methyl sites for hydroxylation is 2. The first-order valence-corrected chi connectivity index (χ1v) is 7.28. The monoisotopic (exact) mass is 353 g/mol. The van der Waals surface area contributed by atoms with E-state index in [9.17, 15) is 10.1 Å². The van der Waals surface area contributed by atoms with Crippen LogP contribution in [0.1, 0.15) is 21.6 Å². The Morgan fingerprint density at radius 2 is 1.86 bits per heavy atom. The maximum absolute atomic E-state index is 12.4. The van der Waals surface area contributed by atoms with Crippen LogP contribution >= 0.6 is 34.8 Å². The van der Waals surface area contributed by atoms with Gasteiger partial charge in [-0.3, -0.25) is 9.48 Å². The van der Waals surface area contributed by atoms with Crippen LogP contribution in [-0.4, -0.2) is 15.6 Å². The Hall–Kier alpha value is -1.80. The molecule has 1 heterocycles. The van der Waals surface area contributed by atoms with Crippen LogP contribution in [0.15, 0.2) is 23.8 Å². The molecule has 0 atom stereocenters. The summed E-state index contributed by atoms with van der Waals surface area (Å²) in [6.07, 6.45) is 1.42. The zero-order chi connectivity index (χ0) is 16.4. The molecule has 0 saturated carbocycles. The Kier molecular flexibility index (Phi) is 4.92. The van der Waals surface area contributed by atoms with E-state index in [1.807, 2.05) is 6.07 Å². The molecule has 0 amide bonds. The van der Waals surface area contributed by atoms with Gasteiger partial charge in [0.2, 0.25) is 5.78 Å². The van der Waals surface area contributed by atoms with Gasteiger partial charge in [-0.1, -0.05) is 34.8 Å². The average Bonchev–Trinajstić information content (AvgIpc) is 2.68. The standard InChI is InChI=1S/C15H10Cl3N3O/c1-8-13(15(18)21(2)20-8)5-10(7-19)14(22)9-3-11(16)6-12(17)4-9/h3-6H,1-2H3/b10-5+. The Bertz CT molecular complexity index is 811. The topological polar surface area (TPSA) is 58.7 Å². The molecule has 0 bridgehead atoms. The van der Waals surface area contributed by atoms with E-state index in [4.69, 9.17) is 34.8 Å². The number of hydrogen-bond donors (Lipinski definition) is 0. The predicted molar refractivity (Wildman–Crippen MR) is 87.3 cm³/mol. The Morgan fingerprint density at radius 1 is 1.27 bits per heavy atom. The molecule has 0 aliphatic carbocycles. The lowest BCUT2D eigenvalue weighted by molar-refractivity contribution is 0.104. The van der Waals surface area contributed by atoms with Gasteiger partial charge in [0.25, 0.3) is 0 Å². The van der Waals surface area contributed by atoms with Crippen LogP contribution in [0.25, 0.3) is 6.08 Å². The van der Waals surface area contributed by atoms with Crippen molar-refractivity contribution in [1.29, 1.82) is 5.26 Å². The smallest absolute Gasteiger partial charge is 0.203 e. The van der Waals surface area contributed by atoms with Crippen molar-refractivity contribution in [2.24, 2.45) is 7.05 Å². The number of carbonyl (C=O) groups is 1. The summed E-state index contributed by atoms with van der Waals surface area (Å²) in [5.74, 6) is -0.480. The fourth-order valence-electron chi connectivity index (χ4n) is 1.94. The summed E-state index contributed by atoms with van der Waals surface area (Å²) in [4.78, 5) is 12.4. The van der Waals surface area contributed by atoms with Crippen molar-refractivity contribution in [3.63, 3.8) is 0 Å². The fourth-order valence-corrected chi connectivity index (χ4v) is 2.70. The van der Waals surface area contributed by atoms with E-state index in [1.54, 1.807) is 14.0 Å². The van der Waals surface area contributed by atoms with E-state index in [-0.39, 0.29) is 11.1 Å². The minimum Gasteiger partial charge on any atom is -0.288 e. The number of rotatable bonds is 3. The van der Waals surface area contributed by atoms with Crippen LogP contribution in [0.4, 0.5) is 0 Å². The van der Waals surface area contributed by atoms with Crippen molar-refractivity contribution in [1.82, 2.24) is 9.78 Å². The Morgan fingerprint density at radius 3 is 2.32 bits per heavy atom. The third kappa shape index (κ3) is 3.33. The molecule has 4 nitrogen and oxygen atoms in total. The summed E-state index contributed by atoms with van der Waals surface area (Å²) >= 11 is 17.9. The minimum atomic E-state index is -0.480. The lowest BCUT2D eigenvalue weighted by Crippen LogP contribution is -2.02. The molecule has 0 spiro atoms. The van der Waals surface area contributed by atoms with Crippen LogP contribution in [0.3, 0.4) is 0 Å². The van der Waals surface area contributed by atoms with Gasteiger partial charge in [0.1, 0.15) is 16.8 Å². The second-order valence-corrected chi connectivity index (χ2v) is 5.80. The quantitative estimate of drug-likeness (QED) is 0.464. The molecule has 0 radical (unpaired) electrons. The van der Waals surface area contributed by atoms with Crippen LogP contribution in [0.2, 0.25) is 15.2 Å². The zero-order valence-corrected chi connectivity index (χ0v) is 14.0. The van der Waals surface area contributed by atoms with Gasteiger partial charge >= 0.3 is 0 Å². The number of hydrogen-bond acceptors (Lipinski definition) is 3. The van der Waals surface area contributed by atoms with Gasteiger partial charge in [0, 0.05) is 28.2 Å². The lowest BCUT2D eigenvalue weighted by atomic mass is 10.0. The number of ketones is 1. The van der Waals surface area contributed by atoms with Crippen LogP contribution in [0, 0.1) is 18.3 Å². The molecule has 0 N–H and O–H groups in total. The molecule has 0 aliphatic rings. The normalized spacial score (nSPS) is 11.4. The highest BCUT2D eigenvalue weighted by Crippen LogP contribution is 2.25. The van der Waals surface area contributed by atoms with E-state index < -0.39 is 5.78 Å². The maximum atomic E-state index is 12.4. The molecule has 112 valence electrons. The van der Waals surface area contributed by atoms with Gasteiger partial charge in [0.15, 0.2) is 0 Å². The van der Waals surface area contributed by atoms with Crippen molar-refractivity contribution < 1.29 is 4.79 Å². The number of nitrogens with zero attached hydrogens (tertiary/aromatic N) is 3. The SMILES string of the molecule is Cc1nn(C)c(Cl)c1/C=C(\C#N)C(=O)c1cc(Cl)cc(Cl)c1. The molecule has 0 aliphatic heterocycles. The average molecular weight is 355 g/mol.